The van der Waals surface area contributed by atoms with Crippen LogP contribution in [-0.4, -0.2) is 17.4 Å². The van der Waals surface area contributed by atoms with Gasteiger partial charge in [-0.25, -0.2) is 4.98 Å². The molecule has 1 aromatic heterocycles. The highest BCUT2D eigenvalue weighted by atomic mass is 32.1. The number of hydrogen-bond donors (Lipinski definition) is 0. The SMILES string of the molecule is CC(C)(C)c1csc(CCC(=O)N2CCc3ccccc32)n1. The van der Waals surface area contributed by atoms with Gasteiger partial charge in [-0.2, -0.15) is 0 Å². The van der Waals surface area contributed by atoms with Gasteiger partial charge in [0.25, 0.3) is 0 Å². The lowest BCUT2D eigenvalue weighted by atomic mass is 9.93. The lowest BCUT2D eigenvalue weighted by molar-refractivity contribution is -0.118. The first-order chi connectivity index (χ1) is 10.4. The lowest BCUT2D eigenvalue weighted by Crippen LogP contribution is -2.29. The standard InChI is InChI=1S/C18H22N2OS/c1-18(2,3)15-12-22-16(19-15)8-9-17(21)20-11-10-13-6-4-5-7-14(13)20/h4-7,12H,8-11H2,1-3H3. The van der Waals surface area contributed by atoms with E-state index in [9.17, 15) is 4.79 Å². The molecule has 3 rings (SSSR count). The first-order valence-electron chi connectivity index (χ1n) is 7.78. The summed E-state index contributed by atoms with van der Waals surface area (Å²) in [5.41, 5.74) is 3.56. The fraction of sp³-hybridized carbons (Fsp3) is 0.444. The molecule has 0 N–H and O–H groups in total. The number of nitrogens with zero attached hydrogens (tertiary/aromatic N) is 2. The molecule has 1 aromatic carbocycles. The van der Waals surface area contributed by atoms with E-state index in [-0.39, 0.29) is 11.3 Å². The van der Waals surface area contributed by atoms with Crippen molar-refractivity contribution in [2.24, 2.45) is 0 Å². The van der Waals surface area contributed by atoms with Crippen LogP contribution in [-0.2, 0) is 23.1 Å². The molecule has 1 aliphatic heterocycles. The Hall–Kier alpha value is -1.68. The van der Waals surface area contributed by atoms with Crippen molar-refractivity contribution < 1.29 is 4.79 Å². The molecule has 0 atom stereocenters. The molecule has 2 aromatic rings. The van der Waals surface area contributed by atoms with E-state index < -0.39 is 0 Å². The molecule has 1 aliphatic rings. The number of rotatable bonds is 3. The second-order valence-electron chi connectivity index (χ2n) is 6.80. The van der Waals surface area contributed by atoms with Crippen LogP contribution in [0.3, 0.4) is 0 Å². The number of hydrogen-bond acceptors (Lipinski definition) is 3. The lowest BCUT2D eigenvalue weighted by Gasteiger charge is -2.17. The van der Waals surface area contributed by atoms with Gasteiger partial charge in [0, 0.05) is 35.9 Å². The van der Waals surface area contributed by atoms with E-state index in [1.54, 1.807) is 11.3 Å². The predicted molar refractivity (Wildman–Crippen MR) is 91.6 cm³/mol. The average Bonchev–Trinajstić information content (AvgIpc) is 3.11. The molecule has 0 bridgehead atoms. The van der Waals surface area contributed by atoms with E-state index >= 15 is 0 Å². The number of fused-ring (bicyclic) bond motifs is 1. The first-order valence-corrected chi connectivity index (χ1v) is 8.66. The molecule has 22 heavy (non-hydrogen) atoms. The fourth-order valence-corrected chi connectivity index (χ4v) is 3.74. The summed E-state index contributed by atoms with van der Waals surface area (Å²) in [6.45, 7) is 7.30. The van der Waals surface area contributed by atoms with Crippen molar-refractivity contribution in [1.82, 2.24) is 4.98 Å². The van der Waals surface area contributed by atoms with Crippen molar-refractivity contribution in [3.05, 3.63) is 45.9 Å². The zero-order valence-corrected chi connectivity index (χ0v) is 14.2. The summed E-state index contributed by atoms with van der Waals surface area (Å²) in [4.78, 5) is 19.1. The number of carbonyl (C=O) groups is 1. The van der Waals surface area contributed by atoms with Crippen LogP contribution in [0.25, 0.3) is 0 Å². The second-order valence-corrected chi connectivity index (χ2v) is 7.74. The normalized spacial score (nSPS) is 14.2. The summed E-state index contributed by atoms with van der Waals surface area (Å²) in [6.07, 6.45) is 2.23. The minimum atomic E-state index is 0.0760. The number of amides is 1. The van der Waals surface area contributed by atoms with Gasteiger partial charge in [0.15, 0.2) is 0 Å². The van der Waals surface area contributed by atoms with Crippen molar-refractivity contribution >= 4 is 22.9 Å². The Morgan fingerprint density at radius 3 is 2.82 bits per heavy atom. The maximum Gasteiger partial charge on any atom is 0.227 e. The maximum absolute atomic E-state index is 12.5. The van der Waals surface area contributed by atoms with Crippen LogP contribution in [0.4, 0.5) is 5.69 Å². The highest BCUT2D eigenvalue weighted by molar-refractivity contribution is 7.09. The quantitative estimate of drug-likeness (QED) is 0.859. The van der Waals surface area contributed by atoms with Gasteiger partial charge >= 0.3 is 0 Å². The fourth-order valence-electron chi connectivity index (χ4n) is 2.72. The summed E-state index contributed by atoms with van der Waals surface area (Å²) < 4.78 is 0. The summed E-state index contributed by atoms with van der Waals surface area (Å²) >= 11 is 1.66. The van der Waals surface area contributed by atoms with Crippen LogP contribution in [0.15, 0.2) is 29.6 Å². The summed E-state index contributed by atoms with van der Waals surface area (Å²) in [7, 11) is 0. The number of carbonyl (C=O) groups excluding carboxylic acids is 1. The maximum atomic E-state index is 12.5. The molecule has 0 spiro atoms. The average molecular weight is 314 g/mol. The molecule has 1 amide bonds. The zero-order chi connectivity index (χ0) is 15.7. The highest BCUT2D eigenvalue weighted by Crippen LogP contribution is 2.29. The van der Waals surface area contributed by atoms with Crippen molar-refractivity contribution in [3.63, 3.8) is 0 Å². The van der Waals surface area contributed by atoms with E-state index in [1.807, 2.05) is 23.1 Å². The Morgan fingerprint density at radius 2 is 2.09 bits per heavy atom. The topological polar surface area (TPSA) is 33.2 Å². The third kappa shape index (κ3) is 3.07. The monoisotopic (exact) mass is 314 g/mol. The Balaban J connectivity index is 1.63. The van der Waals surface area contributed by atoms with Crippen LogP contribution in [0, 0.1) is 0 Å². The molecule has 3 nitrogen and oxygen atoms in total. The minimum absolute atomic E-state index is 0.0760. The number of thiazole rings is 1. The third-order valence-corrected chi connectivity index (χ3v) is 4.97. The van der Waals surface area contributed by atoms with Gasteiger partial charge in [-0.05, 0) is 18.1 Å². The van der Waals surface area contributed by atoms with Crippen LogP contribution >= 0.6 is 11.3 Å². The number of anilines is 1. The smallest absolute Gasteiger partial charge is 0.227 e. The highest BCUT2D eigenvalue weighted by Gasteiger charge is 2.24. The van der Waals surface area contributed by atoms with Gasteiger partial charge in [0.1, 0.15) is 0 Å². The van der Waals surface area contributed by atoms with E-state index in [1.165, 1.54) is 5.56 Å². The number of para-hydroxylation sites is 1. The van der Waals surface area contributed by atoms with Crippen molar-refractivity contribution in [2.45, 2.75) is 45.4 Å². The molecule has 0 aliphatic carbocycles. The summed E-state index contributed by atoms with van der Waals surface area (Å²) in [5.74, 6) is 0.206. The minimum Gasteiger partial charge on any atom is -0.312 e. The number of aromatic nitrogens is 1. The van der Waals surface area contributed by atoms with E-state index in [2.05, 4.69) is 37.2 Å². The van der Waals surface area contributed by atoms with Crippen LogP contribution in [0.2, 0.25) is 0 Å². The van der Waals surface area contributed by atoms with Gasteiger partial charge in [0.05, 0.1) is 10.7 Å². The van der Waals surface area contributed by atoms with Crippen LogP contribution < -0.4 is 4.90 Å². The molecular weight excluding hydrogens is 292 g/mol. The Labute approximate surface area is 136 Å². The molecule has 0 unspecified atom stereocenters. The molecule has 0 saturated heterocycles. The van der Waals surface area contributed by atoms with E-state index in [0.717, 1.165) is 35.8 Å². The number of aryl methyl sites for hydroxylation is 1. The van der Waals surface area contributed by atoms with Crippen LogP contribution in [0.1, 0.15) is 43.5 Å². The number of benzene rings is 1. The van der Waals surface area contributed by atoms with Gasteiger partial charge in [-0.1, -0.05) is 39.0 Å². The molecule has 0 fully saturated rings. The Kier molecular flexibility index (Phi) is 4.04. The summed E-state index contributed by atoms with van der Waals surface area (Å²) in [5, 5.41) is 3.18. The third-order valence-electron chi connectivity index (χ3n) is 4.06. The van der Waals surface area contributed by atoms with Crippen molar-refractivity contribution in [1.29, 1.82) is 0 Å². The molecule has 0 radical (unpaired) electrons. The molecule has 2 heterocycles. The van der Waals surface area contributed by atoms with E-state index in [4.69, 9.17) is 0 Å². The van der Waals surface area contributed by atoms with Gasteiger partial charge < -0.3 is 4.90 Å². The first kappa shape index (κ1) is 15.2. The Morgan fingerprint density at radius 1 is 1.32 bits per heavy atom. The van der Waals surface area contributed by atoms with Crippen molar-refractivity contribution in [3.8, 4) is 0 Å². The van der Waals surface area contributed by atoms with Gasteiger partial charge in [0.2, 0.25) is 5.91 Å². The molecule has 4 heteroatoms. The van der Waals surface area contributed by atoms with Gasteiger partial charge in [-0.15, -0.1) is 11.3 Å². The molecule has 116 valence electrons. The van der Waals surface area contributed by atoms with Crippen molar-refractivity contribution in [2.75, 3.05) is 11.4 Å². The zero-order valence-electron chi connectivity index (χ0n) is 13.4. The second kappa shape index (κ2) is 5.84. The largest absolute Gasteiger partial charge is 0.312 e. The van der Waals surface area contributed by atoms with E-state index in [0.29, 0.717) is 6.42 Å². The Bertz CT molecular complexity index is 684. The molecule has 0 saturated carbocycles. The molecular formula is C18H22N2OS. The summed E-state index contributed by atoms with van der Waals surface area (Å²) in [6, 6.07) is 8.19. The van der Waals surface area contributed by atoms with Crippen LogP contribution in [0.5, 0.6) is 0 Å². The predicted octanol–water partition coefficient (Wildman–Crippen LogP) is 3.96. The van der Waals surface area contributed by atoms with Gasteiger partial charge in [-0.3, -0.25) is 4.79 Å².